The predicted octanol–water partition coefficient (Wildman–Crippen LogP) is 4.87. The van der Waals surface area contributed by atoms with Gasteiger partial charge in [0.05, 0.1) is 5.57 Å². The van der Waals surface area contributed by atoms with Crippen LogP contribution in [0.15, 0.2) is 66.2 Å². The van der Waals surface area contributed by atoms with Crippen molar-refractivity contribution in [1.82, 2.24) is 4.90 Å². The Balaban J connectivity index is 1.26. The number of rotatable bonds is 5. The van der Waals surface area contributed by atoms with Crippen LogP contribution in [0.3, 0.4) is 0 Å². The van der Waals surface area contributed by atoms with Gasteiger partial charge >= 0.3 is 0 Å². The molecular formula is C27H28N2O3. The van der Waals surface area contributed by atoms with Crippen molar-refractivity contribution in [3.05, 3.63) is 77.4 Å². The molecule has 164 valence electrons. The lowest BCUT2D eigenvalue weighted by Gasteiger charge is -2.31. The molecule has 2 heterocycles. The van der Waals surface area contributed by atoms with E-state index in [2.05, 4.69) is 41.5 Å². The molecule has 3 aromatic carbocycles. The number of nitrogens with one attached hydrogen (secondary N) is 1. The number of benzene rings is 3. The summed E-state index contributed by atoms with van der Waals surface area (Å²) in [5, 5.41) is 5.24. The van der Waals surface area contributed by atoms with Crippen LogP contribution in [0, 0.1) is 0 Å². The van der Waals surface area contributed by atoms with Gasteiger partial charge in [-0.1, -0.05) is 42.5 Å². The molecule has 2 aliphatic rings. The molecule has 1 N–H and O–H groups in total. The summed E-state index contributed by atoms with van der Waals surface area (Å²) in [6, 6.07) is 20.8. The zero-order valence-corrected chi connectivity index (χ0v) is 18.3. The Bertz CT molecular complexity index is 1150. The molecule has 1 saturated heterocycles. The summed E-state index contributed by atoms with van der Waals surface area (Å²) in [6.45, 7) is 2.85. The largest absolute Gasteiger partial charge is 0.488 e. The Hall–Kier alpha value is -3.15. The lowest BCUT2D eigenvalue weighted by molar-refractivity contribution is -0.113. The van der Waals surface area contributed by atoms with Crippen LogP contribution in [-0.2, 0) is 16.1 Å². The van der Waals surface area contributed by atoms with E-state index in [1.807, 2.05) is 42.5 Å². The first-order valence-electron chi connectivity index (χ1n) is 11.2. The van der Waals surface area contributed by atoms with Gasteiger partial charge in [0, 0.05) is 37.1 Å². The molecule has 1 amide bonds. The zero-order chi connectivity index (χ0) is 21.9. The summed E-state index contributed by atoms with van der Waals surface area (Å²) >= 11 is 0. The quantitative estimate of drug-likeness (QED) is 0.630. The number of carbonyl (C=O) groups is 1. The molecule has 5 nitrogen and oxygen atoms in total. The summed E-state index contributed by atoms with van der Waals surface area (Å²) < 4.78 is 11.3. The maximum absolute atomic E-state index is 12.9. The van der Waals surface area contributed by atoms with Crippen molar-refractivity contribution in [2.24, 2.45) is 0 Å². The van der Waals surface area contributed by atoms with E-state index in [1.54, 1.807) is 0 Å². The second-order valence-electron chi connectivity index (χ2n) is 8.57. The molecule has 32 heavy (non-hydrogen) atoms. The molecule has 0 aliphatic carbocycles. The molecule has 3 aromatic rings. The van der Waals surface area contributed by atoms with Gasteiger partial charge < -0.3 is 14.8 Å². The number of hydrogen-bond acceptors (Lipinski definition) is 4. The highest BCUT2D eigenvalue weighted by Gasteiger charge is 2.20. The standard InChI is InChI=1S/C27H28N2O3/c1-29(23-12-14-31-15-13-23)17-19-6-9-22(10-7-19)28-27(30)21-16-25-24-5-3-2-4-20(24)8-11-26(25)32-18-21/h2-11,16,23H,12-15,17-18H2,1H3,(H,28,30). The number of ether oxygens (including phenoxy) is 2. The van der Waals surface area contributed by atoms with Crippen molar-refractivity contribution in [2.45, 2.75) is 25.4 Å². The van der Waals surface area contributed by atoms with Crippen molar-refractivity contribution >= 4 is 28.4 Å². The van der Waals surface area contributed by atoms with E-state index < -0.39 is 0 Å². The predicted molar refractivity (Wildman–Crippen MR) is 128 cm³/mol. The normalized spacial score (nSPS) is 16.4. The molecule has 0 atom stereocenters. The van der Waals surface area contributed by atoms with E-state index in [4.69, 9.17) is 9.47 Å². The fourth-order valence-electron chi connectivity index (χ4n) is 4.50. The van der Waals surface area contributed by atoms with Gasteiger partial charge in [0.15, 0.2) is 0 Å². The topological polar surface area (TPSA) is 50.8 Å². The van der Waals surface area contributed by atoms with E-state index in [0.29, 0.717) is 11.6 Å². The second kappa shape index (κ2) is 9.15. The smallest absolute Gasteiger partial charge is 0.255 e. The SMILES string of the molecule is CN(Cc1ccc(NC(=O)C2=Cc3c(ccc4ccccc34)OC2)cc1)C1CCOCC1. The average molecular weight is 429 g/mol. The minimum absolute atomic E-state index is 0.129. The highest BCUT2D eigenvalue weighted by molar-refractivity contribution is 6.09. The van der Waals surface area contributed by atoms with Crippen LogP contribution >= 0.6 is 0 Å². The summed E-state index contributed by atoms with van der Waals surface area (Å²) in [7, 11) is 2.17. The average Bonchev–Trinajstić information content (AvgIpc) is 2.85. The Labute approximate surface area is 188 Å². The maximum Gasteiger partial charge on any atom is 0.255 e. The molecule has 1 fully saturated rings. The maximum atomic E-state index is 12.9. The number of fused-ring (bicyclic) bond motifs is 3. The zero-order valence-electron chi connectivity index (χ0n) is 18.3. The van der Waals surface area contributed by atoms with Crippen molar-refractivity contribution in [3.63, 3.8) is 0 Å². The van der Waals surface area contributed by atoms with Gasteiger partial charge in [0.25, 0.3) is 5.91 Å². The number of nitrogens with zero attached hydrogens (tertiary/aromatic N) is 1. The molecule has 0 bridgehead atoms. The van der Waals surface area contributed by atoms with Crippen LogP contribution in [-0.4, -0.2) is 43.7 Å². The second-order valence-corrected chi connectivity index (χ2v) is 8.57. The molecule has 0 saturated carbocycles. The lowest BCUT2D eigenvalue weighted by atomic mass is 9.99. The van der Waals surface area contributed by atoms with Gasteiger partial charge in [0.2, 0.25) is 0 Å². The first kappa shape index (κ1) is 20.7. The third-order valence-corrected chi connectivity index (χ3v) is 6.38. The number of carbonyl (C=O) groups excluding carboxylic acids is 1. The third kappa shape index (κ3) is 4.40. The van der Waals surface area contributed by atoms with Crippen LogP contribution in [0.1, 0.15) is 24.0 Å². The highest BCUT2D eigenvalue weighted by atomic mass is 16.5. The summed E-state index contributed by atoms with van der Waals surface area (Å²) in [4.78, 5) is 15.3. The van der Waals surface area contributed by atoms with E-state index in [0.717, 1.165) is 60.4 Å². The summed E-state index contributed by atoms with van der Waals surface area (Å²) in [6.07, 6.45) is 4.12. The van der Waals surface area contributed by atoms with Gasteiger partial charge in [-0.15, -0.1) is 0 Å². The summed E-state index contributed by atoms with van der Waals surface area (Å²) in [5.74, 6) is 0.689. The molecule has 2 aliphatic heterocycles. The molecule has 5 heteroatoms. The first-order valence-corrected chi connectivity index (χ1v) is 11.2. The molecule has 0 unspecified atom stereocenters. The Morgan fingerprint density at radius 1 is 1.03 bits per heavy atom. The van der Waals surface area contributed by atoms with E-state index >= 15 is 0 Å². The minimum atomic E-state index is -0.129. The molecule has 5 rings (SSSR count). The van der Waals surface area contributed by atoms with E-state index in [9.17, 15) is 4.79 Å². The van der Waals surface area contributed by atoms with E-state index in [1.165, 1.54) is 5.56 Å². The van der Waals surface area contributed by atoms with Gasteiger partial charge in [-0.05, 0) is 60.5 Å². The van der Waals surface area contributed by atoms with Crippen LogP contribution in [0.25, 0.3) is 16.8 Å². The van der Waals surface area contributed by atoms with Crippen molar-refractivity contribution in [2.75, 3.05) is 32.2 Å². The fourth-order valence-corrected chi connectivity index (χ4v) is 4.50. The van der Waals surface area contributed by atoms with Gasteiger partial charge in [-0.25, -0.2) is 0 Å². The molecular weight excluding hydrogens is 400 g/mol. The van der Waals surface area contributed by atoms with Crippen LogP contribution < -0.4 is 10.1 Å². The van der Waals surface area contributed by atoms with Gasteiger partial charge in [-0.2, -0.15) is 0 Å². The van der Waals surface area contributed by atoms with Crippen molar-refractivity contribution < 1.29 is 14.3 Å². The van der Waals surface area contributed by atoms with Crippen LogP contribution in [0.2, 0.25) is 0 Å². The van der Waals surface area contributed by atoms with Crippen molar-refractivity contribution in [3.8, 4) is 5.75 Å². The molecule has 0 radical (unpaired) electrons. The molecule has 0 aromatic heterocycles. The van der Waals surface area contributed by atoms with Crippen molar-refractivity contribution in [1.29, 1.82) is 0 Å². The van der Waals surface area contributed by atoms with Crippen LogP contribution in [0.5, 0.6) is 5.75 Å². The van der Waals surface area contributed by atoms with Crippen LogP contribution in [0.4, 0.5) is 5.69 Å². The van der Waals surface area contributed by atoms with Gasteiger partial charge in [0.1, 0.15) is 12.4 Å². The summed E-state index contributed by atoms with van der Waals surface area (Å²) in [5.41, 5.74) is 3.61. The Morgan fingerprint density at radius 2 is 1.81 bits per heavy atom. The third-order valence-electron chi connectivity index (χ3n) is 6.38. The van der Waals surface area contributed by atoms with E-state index in [-0.39, 0.29) is 12.5 Å². The van der Waals surface area contributed by atoms with Gasteiger partial charge in [-0.3, -0.25) is 9.69 Å². The number of anilines is 1. The number of amides is 1. The minimum Gasteiger partial charge on any atom is -0.488 e. The Morgan fingerprint density at radius 3 is 2.62 bits per heavy atom. The fraction of sp³-hybridized carbons (Fsp3) is 0.296. The Kier molecular flexibility index (Phi) is 5.93. The highest BCUT2D eigenvalue weighted by Crippen LogP contribution is 2.33. The number of hydrogen-bond donors (Lipinski definition) is 1. The first-order chi connectivity index (χ1) is 15.7. The molecule has 0 spiro atoms. The lowest BCUT2D eigenvalue weighted by Crippen LogP contribution is -2.36. The monoisotopic (exact) mass is 428 g/mol.